The fourth-order valence-electron chi connectivity index (χ4n) is 4.11. The number of thioether (sulfide) groups is 1. The highest BCUT2D eigenvalue weighted by molar-refractivity contribution is 8.19. The van der Waals surface area contributed by atoms with E-state index in [9.17, 15) is 4.79 Å². The summed E-state index contributed by atoms with van der Waals surface area (Å²) in [6.45, 7) is 11.1. The van der Waals surface area contributed by atoms with Crippen LogP contribution in [0.25, 0.3) is 6.08 Å². The lowest BCUT2D eigenvalue weighted by Gasteiger charge is -2.19. The van der Waals surface area contributed by atoms with Crippen molar-refractivity contribution in [3.63, 3.8) is 0 Å². The Morgan fingerprint density at radius 3 is 2.39 bits per heavy atom. The Hall–Kier alpha value is -3.31. The first-order valence-electron chi connectivity index (χ1n) is 12.6. The molecular formula is C31H34N2O2S. The van der Waals surface area contributed by atoms with Gasteiger partial charge >= 0.3 is 0 Å². The summed E-state index contributed by atoms with van der Waals surface area (Å²) in [5.41, 5.74) is 7.14. The Labute approximate surface area is 219 Å². The second kappa shape index (κ2) is 11.6. The van der Waals surface area contributed by atoms with Crippen LogP contribution in [0, 0.1) is 27.7 Å². The Balaban J connectivity index is 1.76. The minimum absolute atomic E-state index is 0.0708. The third kappa shape index (κ3) is 5.57. The van der Waals surface area contributed by atoms with E-state index in [0.717, 1.165) is 58.6 Å². The summed E-state index contributed by atoms with van der Waals surface area (Å²) in [7, 11) is 0. The van der Waals surface area contributed by atoms with Crippen molar-refractivity contribution in [3.8, 4) is 5.75 Å². The third-order valence-corrected chi connectivity index (χ3v) is 7.60. The molecule has 1 aliphatic rings. The maximum atomic E-state index is 13.9. The van der Waals surface area contributed by atoms with Gasteiger partial charge in [-0.25, -0.2) is 4.99 Å². The number of aryl methyl sites for hydroxylation is 2. The molecule has 4 nitrogen and oxygen atoms in total. The first-order chi connectivity index (χ1) is 17.4. The molecule has 1 fully saturated rings. The van der Waals surface area contributed by atoms with Gasteiger partial charge in [-0.2, -0.15) is 0 Å². The predicted molar refractivity (Wildman–Crippen MR) is 153 cm³/mol. The summed E-state index contributed by atoms with van der Waals surface area (Å²) >= 11 is 1.41. The number of nitrogens with zero attached hydrogens (tertiary/aromatic N) is 2. The second-order valence-electron chi connectivity index (χ2n) is 9.18. The summed E-state index contributed by atoms with van der Waals surface area (Å²) < 4.78 is 6.07. The van der Waals surface area contributed by atoms with Gasteiger partial charge in [0.15, 0.2) is 5.17 Å². The van der Waals surface area contributed by atoms with Gasteiger partial charge in [0.2, 0.25) is 0 Å². The molecule has 0 aliphatic carbocycles. The van der Waals surface area contributed by atoms with Gasteiger partial charge in [-0.3, -0.25) is 9.69 Å². The van der Waals surface area contributed by atoms with Gasteiger partial charge in [0.25, 0.3) is 5.91 Å². The van der Waals surface area contributed by atoms with Crippen LogP contribution in [0.1, 0.15) is 54.0 Å². The largest absolute Gasteiger partial charge is 0.493 e. The van der Waals surface area contributed by atoms with E-state index in [1.807, 2.05) is 54.6 Å². The first kappa shape index (κ1) is 25.8. The second-order valence-corrected chi connectivity index (χ2v) is 10.2. The Morgan fingerprint density at radius 1 is 0.889 bits per heavy atom. The number of aliphatic imine (C=N–C) groups is 1. The van der Waals surface area contributed by atoms with Crippen LogP contribution in [0.15, 0.2) is 70.6 Å². The van der Waals surface area contributed by atoms with Crippen LogP contribution in [-0.2, 0) is 4.79 Å². The maximum Gasteiger partial charge on any atom is 0.271 e. The molecule has 1 saturated heterocycles. The molecule has 0 bridgehead atoms. The highest BCUT2D eigenvalue weighted by Gasteiger charge is 2.36. The molecule has 0 spiro atoms. The molecule has 0 atom stereocenters. The van der Waals surface area contributed by atoms with Crippen LogP contribution in [-0.4, -0.2) is 17.7 Å². The zero-order chi connectivity index (χ0) is 25.7. The molecule has 3 aromatic rings. The molecule has 0 saturated carbocycles. The predicted octanol–water partition coefficient (Wildman–Crippen LogP) is 8.30. The van der Waals surface area contributed by atoms with Crippen molar-refractivity contribution in [3.05, 3.63) is 93.4 Å². The number of benzene rings is 3. The topological polar surface area (TPSA) is 41.9 Å². The summed E-state index contributed by atoms with van der Waals surface area (Å²) in [4.78, 5) is 21.2. The molecule has 4 rings (SSSR count). The van der Waals surface area contributed by atoms with Gasteiger partial charge in [0.05, 0.1) is 22.9 Å². The summed E-state index contributed by atoms with van der Waals surface area (Å²) in [5, 5.41) is 0.662. The van der Waals surface area contributed by atoms with E-state index < -0.39 is 0 Å². The molecule has 0 unspecified atom stereocenters. The van der Waals surface area contributed by atoms with Crippen molar-refractivity contribution >= 4 is 40.3 Å². The minimum Gasteiger partial charge on any atom is -0.493 e. The number of ether oxygens (including phenoxy) is 1. The molecule has 5 heteroatoms. The lowest BCUT2D eigenvalue weighted by atomic mass is 10.1. The lowest BCUT2D eigenvalue weighted by molar-refractivity contribution is -0.113. The number of carbonyl (C=O) groups excluding carboxylic acids is 1. The van der Waals surface area contributed by atoms with Gasteiger partial charge in [0.1, 0.15) is 5.75 Å². The molecule has 1 heterocycles. The smallest absolute Gasteiger partial charge is 0.271 e. The van der Waals surface area contributed by atoms with Crippen LogP contribution < -0.4 is 9.64 Å². The van der Waals surface area contributed by atoms with Gasteiger partial charge < -0.3 is 4.74 Å². The standard InChI is InChI=1S/C31H34N2O2S/c1-6-7-10-19-35-28-18-9-8-15-25(28)20-29-30(34)33(27-17-12-14-22(3)24(27)5)31(36-29)32-26-16-11-13-21(2)23(26)4/h8-9,11-18,20H,6-7,10,19H2,1-5H3/b29-20-,32-31?. The van der Waals surface area contributed by atoms with E-state index in [4.69, 9.17) is 9.73 Å². The molecule has 0 N–H and O–H groups in total. The Kier molecular flexibility index (Phi) is 8.32. The van der Waals surface area contributed by atoms with E-state index in [0.29, 0.717) is 16.7 Å². The molecule has 0 aromatic heterocycles. The molecule has 3 aromatic carbocycles. The number of unbranched alkanes of at least 4 members (excludes halogenated alkanes) is 2. The van der Waals surface area contributed by atoms with Crippen molar-refractivity contribution in [2.45, 2.75) is 53.9 Å². The highest BCUT2D eigenvalue weighted by atomic mass is 32.2. The third-order valence-electron chi connectivity index (χ3n) is 6.63. The number of carbonyl (C=O) groups is 1. The number of hydrogen-bond acceptors (Lipinski definition) is 4. The van der Waals surface area contributed by atoms with Crippen LogP contribution >= 0.6 is 11.8 Å². The minimum atomic E-state index is -0.0708. The van der Waals surface area contributed by atoms with E-state index in [1.165, 1.54) is 17.3 Å². The summed E-state index contributed by atoms with van der Waals surface area (Å²) in [5.74, 6) is 0.728. The van der Waals surface area contributed by atoms with Crippen LogP contribution in [0.2, 0.25) is 0 Å². The number of amidine groups is 1. The van der Waals surface area contributed by atoms with Crippen LogP contribution in [0.3, 0.4) is 0 Å². The van der Waals surface area contributed by atoms with Crippen molar-refractivity contribution in [2.75, 3.05) is 11.5 Å². The average Bonchev–Trinajstić information content (AvgIpc) is 3.16. The molecule has 36 heavy (non-hydrogen) atoms. The Morgan fingerprint density at radius 2 is 1.61 bits per heavy atom. The average molecular weight is 499 g/mol. The van der Waals surface area contributed by atoms with E-state index in [2.05, 4.69) is 46.8 Å². The van der Waals surface area contributed by atoms with Gasteiger partial charge in [-0.05, 0) is 92.4 Å². The molecular weight excluding hydrogens is 464 g/mol. The van der Waals surface area contributed by atoms with E-state index in [-0.39, 0.29) is 5.91 Å². The van der Waals surface area contributed by atoms with Crippen molar-refractivity contribution in [1.29, 1.82) is 0 Å². The number of rotatable bonds is 8. The lowest BCUT2D eigenvalue weighted by Crippen LogP contribution is -2.29. The van der Waals surface area contributed by atoms with E-state index >= 15 is 0 Å². The number of para-hydroxylation sites is 1. The molecule has 186 valence electrons. The van der Waals surface area contributed by atoms with Crippen molar-refractivity contribution < 1.29 is 9.53 Å². The zero-order valence-corrected chi connectivity index (χ0v) is 22.6. The monoisotopic (exact) mass is 498 g/mol. The highest BCUT2D eigenvalue weighted by Crippen LogP contribution is 2.40. The summed E-state index contributed by atoms with van der Waals surface area (Å²) in [6.07, 6.45) is 5.24. The van der Waals surface area contributed by atoms with Crippen molar-refractivity contribution in [2.24, 2.45) is 4.99 Å². The van der Waals surface area contributed by atoms with Gasteiger partial charge in [-0.1, -0.05) is 62.2 Å². The fourth-order valence-corrected chi connectivity index (χ4v) is 5.08. The summed E-state index contributed by atoms with van der Waals surface area (Å²) in [6, 6.07) is 20.1. The SMILES string of the molecule is CCCCCOc1ccccc1/C=C1\SC(=Nc2cccc(C)c2C)N(c2cccc(C)c2C)C1=O. The normalized spacial score (nSPS) is 15.8. The zero-order valence-electron chi connectivity index (χ0n) is 21.8. The molecule has 1 amide bonds. The number of hydrogen-bond donors (Lipinski definition) is 0. The maximum absolute atomic E-state index is 13.9. The molecule has 0 radical (unpaired) electrons. The number of amides is 1. The van der Waals surface area contributed by atoms with Gasteiger partial charge in [-0.15, -0.1) is 0 Å². The first-order valence-corrected chi connectivity index (χ1v) is 13.4. The fraction of sp³-hybridized carbons (Fsp3) is 0.290. The van der Waals surface area contributed by atoms with Crippen LogP contribution in [0.5, 0.6) is 5.75 Å². The Bertz CT molecular complexity index is 1330. The quantitative estimate of drug-likeness (QED) is 0.232. The van der Waals surface area contributed by atoms with E-state index in [1.54, 1.807) is 4.90 Å². The number of anilines is 1. The van der Waals surface area contributed by atoms with Gasteiger partial charge in [0, 0.05) is 5.56 Å². The van der Waals surface area contributed by atoms with Crippen molar-refractivity contribution in [1.82, 2.24) is 0 Å². The molecule has 1 aliphatic heterocycles. The van der Waals surface area contributed by atoms with Crippen LogP contribution in [0.4, 0.5) is 11.4 Å².